The normalized spacial score (nSPS) is 10.7. The lowest BCUT2D eigenvalue weighted by Gasteiger charge is -2.00. The van der Waals surface area contributed by atoms with E-state index in [2.05, 4.69) is 31.1 Å². The van der Waals surface area contributed by atoms with Gasteiger partial charge in [0.25, 0.3) is 5.89 Å². The summed E-state index contributed by atoms with van der Waals surface area (Å²) >= 11 is 3.41. The maximum atomic E-state index is 9.42. The number of aryl methyl sites for hydroxylation is 1. The quantitative estimate of drug-likeness (QED) is 0.777. The van der Waals surface area contributed by atoms with Gasteiger partial charge in [0.2, 0.25) is 5.82 Å². The Labute approximate surface area is 123 Å². The second kappa shape index (κ2) is 5.05. The molecule has 1 N–H and O–H groups in total. The number of rotatable bonds is 2. The minimum Gasteiger partial charge on any atom is -0.508 e. The van der Waals surface area contributed by atoms with Crippen LogP contribution in [0.2, 0.25) is 0 Å². The zero-order valence-electron chi connectivity index (χ0n) is 10.5. The summed E-state index contributed by atoms with van der Waals surface area (Å²) in [6.07, 6.45) is 1.67. The van der Waals surface area contributed by atoms with E-state index in [9.17, 15) is 5.11 Å². The lowest BCUT2D eigenvalue weighted by molar-refractivity contribution is 0.431. The molecule has 6 heteroatoms. The molecule has 0 bridgehead atoms. The molecule has 1 aromatic carbocycles. The standard InChI is InChI=1S/C14H10BrN3O2/c1-8-7-9(19)4-5-10(8)14-17-13(18-20-14)12-11(15)3-2-6-16-12/h2-7,19H,1H3. The number of pyridine rings is 1. The molecule has 2 heterocycles. The van der Waals surface area contributed by atoms with Gasteiger partial charge in [0.15, 0.2) is 0 Å². The van der Waals surface area contributed by atoms with Gasteiger partial charge in [0.05, 0.1) is 0 Å². The van der Waals surface area contributed by atoms with E-state index in [0.717, 1.165) is 15.6 Å². The predicted molar refractivity (Wildman–Crippen MR) is 77.1 cm³/mol. The van der Waals surface area contributed by atoms with Crippen molar-refractivity contribution in [1.29, 1.82) is 0 Å². The molecule has 3 rings (SSSR count). The smallest absolute Gasteiger partial charge is 0.258 e. The molecule has 0 fully saturated rings. The number of hydrogen-bond donors (Lipinski definition) is 1. The Kier molecular flexibility index (Phi) is 3.23. The number of phenols is 1. The molecular weight excluding hydrogens is 322 g/mol. The van der Waals surface area contributed by atoms with Crippen LogP contribution in [0, 0.1) is 6.92 Å². The lowest BCUT2D eigenvalue weighted by atomic mass is 10.1. The van der Waals surface area contributed by atoms with Crippen LogP contribution in [0.1, 0.15) is 5.56 Å². The Balaban J connectivity index is 2.04. The highest BCUT2D eigenvalue weighted by molar-refractivity contribution is 9.10. The molecule has 5 nitrogen and oxygen atoms in total. The van der Waals surface area contributed by atoms with Crippen molar-refractivity contribution in [3.63, 3.8) is 0 Å². The summed E-state index contributed by atoms with van der Waals surface area (Å²) in [5, 5.41) is 13.4. The van der Waals surface area contributed by atoms with Crippen LogP contribution in [0.25, 0.3) is 23.0 Å². The molecule has 0 saturated heterocycles. The fourth-order valence-electron chi connectivity index (χ4n) is 1.87. The number of halogens is 1. The molecule has 0 atom stereocenters. The molecule has 0 spiro atoms. The average molecular weight is 332 g/mol. The van der Waals surface area contributed by atoms with E-state index in [-0.39, 0.29) is 5.75 Å². The van der Waals surface area contributed by atoms with Crippen LogP contribution < -0.4 is 0 Å². The highest BCUT2D eigenvalue weighted by Gasteiger charge is 2.15. The lowest BCUT2D eigenvalue weighted by Crippen LogP contribution is -1.87. The van der Waals surface area contributed by atoms with Crippen molar-refractivity contribution in [3.8, 4) is 28.7 Å². The van der Waals surface area contributed by atoms with Gasteiger partial charge < -0.3 is 9.63 Å². The number of nitrogens with zero attached hydrogens (tertiary/aromatic N) is 3. The van der Waals surface area contributed by atoms with Gasteiger partial charge in [0.1, 0.15) is 11.4 Å². The molecule has 0 radical (unpaired) electrons. The average Bonchev–Trinajstić information content (AvgIpc) is 2.88. The first-order valence-corrected chi connectivity index (χ1v) is 6.69. The number of phenolic OH excluding ortho intramolecular Hbond substituents is 1. The van der Waals surface area contributed by atoms with Crippen LogP contribution in [0.5, 0.6) is 5.75 Å². The molecule has 0 aliphatic rings. The van der Waals surface area contributed by atoms with Crippen LogP contribution in [0.4, 0.5) is 0 Å². The Bertz CT molecular complexity index is 771. The third kappa shape index (κ3) is 2.30. The monoisotopic (exact) mass is 331 g/mol. The Morgan fingerprint density at radius 1 is 1.25 bits per heavy atom. The summed E-state index contributed by atoms with van der Waals surface area (Å²) < 4.78 is 6.08. The van der Waals surface area contributed by atoms with E-state index in [4.69, 9.17) is 4.52 Å². The molecule has 0 aliphatic carbocycles. The Morgan fingerprint density at radius 3 is 2.85 bits per heavy atom. The van der Waals surface area contributed by atoms with E-state index in [1.54, 1.807) is 24.4 Å². The van der Waals surface area contributed by atoms with Crippen LogP contribution >= 0.6 is 15.9 Å². The summed E-state index contributed by atoms with van der Waals surface area (Å²) in [4.78, 5) is 8.57. The topological polar surface area (TPSA) is 72.0 Å². The second-order valence-corrected chi connectivity index (χ2v) is 5.11. The molecule has 0 saturated carbocycles. The second-order valence-electron chi connectivity index (χ2n) is 4.26. The van der Waals surface area contributed by atoms with Crippen molar-refractivity contribution >= 4 is 15.9 Å². The van der Waals surface area contributed by atoms with Crippen molar-refractivity contribution in [3.05, 3.63) is 46.6 Å². The molecule has 3 aromatic rings. The highest BCUT2D eigenvalue weighted by Crippen LogP contribution is 2.28. The summed E-state index contributed by atoms with van der Waals surface area (Å²) in [5.41, 5.74) is 2.27. The fraction of sp³-hybridized carbons (Fsp3) is 0.0714. The minimum atomic E-state index is 0.207. The highest BCUT2D eigenvalue weighted by atomic mass is 79.9. The maximum absolute atomic E-state index is 9.42. The molecule has 2 aromatic heterocycles. The van der Waals surface area contributed by atoms with Gasteiger partial charge in [-0.05, 0) is 58.7 Å². The fourth-order valence-corrected chi connectivity index (χ4v) is 2.30. The number of hydrogen-bond acceptors (Lipinski definition) is 5. The number of benzene rings is 1. The van der Waals surface area contributed by atoms with E-state index in [1.165, 1.54) is 0 Å². The first-order valence-electron chi connectivity index (χ1n) is 5.90. The van der Waals surface area contributed by atoms with Crippen LogP contribution in [0.3, 0.4) is 0 Å². The Morgan fingerprint density at radius 2 is 2.10 bits per heavy atom. The molecule has 20 heavy (non-hydrogen) atoms. The van der Waals surface area contributed by atoms with Crippen molar-refractivity contribution in [2.24, 2.45) is 0 Å². The van der Waals surface area contributed by atoms with Gasteiger partial charge >= 0.3 is 0 Å². The van der Waals surface area contributed by atoms with Gasteiger partial charge in [-0.15, -0.1) is 0 Å². The van der Waals surface area contributed by atoms with Gasteiger partial charge in [-0.25, -0.2) is 0 Å². The van der Waals surface area contributed by atoms with Crippen molar-refractivity contribution in [2.45, 2.75) is 6.92 Å². The van der Waals surface area contributed by atoms with Crippen LogP contribution in [-0.2, 0) is 0 Å². The predicted octanol–water partition coefficient (Wildman–Crippen LogP) is 3.58. The summed E-state index contributed by atoms with van der Waals surface area (Å²) in [6.45, 7) is 1.87. The number of aromatic nitrogens is 3. The van der Waals surface area contributed by atoms with Gasteiger partial charge in [-0.2, -0.15) is 4.98 Å². The van der Waals surface area contributed by atoms with Gasteiger partial charge in [-0.3, -0.25) is 4.98 Å². The zero-order valence-corrected chi connectivity index (χ0v) is 12.1. The molecule has 100 valence electrons. The first kappa shape index (κ1) is 12.8. The molecule has 0 aliphatic heterocycles. The van der Waals surface area contributed by atoms with E-state index in [1.807, 2.05) is 19.1 Å². The summed E-state index contributed by atoms with van der Waals surface area (Å²) in [7, 11) is 0. The van der Waals surface area contributed by atoms with Crippen LogP contribution in [-0.4, -0.2) is 20.2 Å². The van der Waals surface area contributed by atoms with E-state index >= 15 is 0 Å². The summed E-state index contributed by atoms with van der Waals surface area (Å²) in [6, 6.07) is 8.66. The molecule has 0 unspecified atom stereocenters. The third-order valence-corrected chi connectivity index (χ3v) is 3.48. The van der Waals surface area contributed by atoms with Crippen LogP contribution in [0.15, 0.2) is 45.5 Å². The number of aromatic hydroxyl groups is 1. The van der Waals surface area contributed by atoms with Crippen molar-refractivity contribution in [2.75, 3.05) is 0 Å². The van der Waals surface area contributed by atoms with Crippen molar-refractivity contribution in [1.82, 2.24) is 15.1 Å². The Hall–Kier alpha value is -2.21. The van der Waals surface area contributed by atoms with Gasteiger partial charge in [0, 0.05) is 16.2 Å². The molecule has 0 amide bonds. The zero-order chi connectivity index (χ0) is 14.1. The maximum Gasteiger partial charge on any atom is 0.258 e. The minimum absolute atomic E-state index is 0.207. The molecular formula is C14H10BrN3O2. The van der Waals surface area contributed by atoms with Crippen molar-refractivity contribution < 1.29 is 9.63 Å². The van der Waals surface area contributed by atoms with Gasteiger partial charge in [-0.1, -0.05) is 5.16 Å². The van der Waals surface area contributed by atoms with E-state index in [0.29, 0.717) is 17.4 Å². The summed E-state index contributed by atoms with van der Waals surface area (Å²) in [5.74, 6) is 1.02. The third-order valence-electron chi connectivity index (χ3n) is 2.84. The SMILES string of the molecule is Cc1cc(O)ccc1-c1nc(-c2ncccc2Br)no1. The first-order chi connectivity index (χ1) is 9.65. The van der Waals surface area contributed by atoms with E-state index < -0.39 is 0 Å². The largest absolute Gasteiger partial charge is 0.508 e.